The summed E-state index contributed by atoms with van der Waals surface area (Å²) in [4.78, 5) is 22.4. The number of carbonyl (C=O) groups is 1. The number of anilines is 1. The van der Waals surface area contributed by atoms with E-state index in [0.717, 1.165) is 0 Å². The van der Waals surface area contributed by atoms with Crippen LogP contribution in [0, 0.1) is 10.1 Å². The summed E-state index contributed by atoms with van der Waals surface area (Å²) in [5.74, 6) is 0.725. The minimum Gasteiger partial charge on any atom is -0.497 e. The summed E-state index contributed by atoms with van der Waals surface area (Å²) in [6.45, 7) is 2.30. The van der Waals surface area contributed by atoms with Crippen molar-refractivity contribution in [1.29, 1.82) is 0 Å². The number of hydrogen-bond donors (Lipinski definition) is 1. The first kappa shape index (κ1) is 18.0. The Bertz CT molecular complexity index is 802. The van der Waals surface area contributed by atoms with Gasteiger partial charge in [0.15, 0.2) is 0 Å². The maximum atomic E-state index is 12.1. The lowest BCUT2D eigenvalue weighted by Crippen LogP contribution is -2.09. The van der Waals surface area contributed by atoms with Gasteiger partial charge in [-0.1, -0.05) is 12.1 Å². The second-order valence-electron chi connectivity index (χ2n) is 4.97. The van der Waals surface area contributed by atoms with Crippen molar-refractivity contribution in [2.45, 2.75) is 6.92 Å². The molecule has 1 amide bonds. The molecule has 0 heterocycles. The summed E-state index contributed by atoms with van der Waals surface area (Å²) in [5.41, 5.74) is 1.00. The number of nitro benzene ring substituents is 1. The topological polar surface area (TPSA) is 90.7 Å². The average Bonchev–Trinajstić information content (AvgIpc) is 2.62. The van der Waals surface area contributed by atoms with Crippen molar-refractivity contribution in [3.05, 3.63) is 64.2 Å². The lowest BCUT2D eigenvalue weighted by atomic mass is 10.2. The number of carbonyl (C=O) groups excluding carboxylic acids is 1. The van der Waals surface area contributed by atoms with E-state index < -0.39 is 4.92 Å². The summed E-state index contributed by atoms with van der Waals surface area (Å²) in [6.07, 6.45) is 2.80. The minimum absolute atomic E-state index is 0.0333. The van der Waals surface area contributed by atoms with Gasteiger partial charge in [-0.3, -0.25) is 14.9 Å². The number of rotatable bonds is 7. The van der Waals surface area contributed by atoms with Crippen LogP contribution in [-0.4, -0.2) is 24.5 Å². The van der Waals surface area contributed by atoms with E-state index >= 15 is 0 Å². The van der Waals surface area contributed by atoms with E-state index in [-0.39, 0.29) is 11.6 Å². The summed E-state index contributed by atoms with van der Waals surface area (Å²) in [7, 11) is 1.53. The monoisotopic (exact) mass is 342 g/mol. The number of benzene rings is 2. The first-order chi connectivity index (χ1) is 12.0. The van der Waals surface area contributed by atoms with Crippen LogP contribution in [-0.2, 0) is 4.79 Å². The molecule has 0 spiro atoms. The molecule has 2 aromatic rings. The highest BCUT2D eigenvalue weighted by Gasteiger charge is 2.08. The van der Waals surface area contributed by atoms with E-state index in [1.807, 2.05) is 6.92 Å². The minimum atomic E-state index is -0.484. The fourth-order valence-corrected chi connectivity index (χ4v) is 2.10. The summed E-state index contributed by atoms with van der Waals surface area (Å²) < 4.78 is 10.6. The summed E-state index contributed by atoms with van der Waals surface area (Å²) in [6, 6.07) is 11.1. The molecule has 0 bridgehead atoms. The van der Waals surface area contributed by atoms with Gasteiger partial charge < -0.3 is 14.8 Å². The highest BCUT2D eigenvalue weighted by atomic mass is 16.6. The molecule has 0 aliphatic carbocycles. The van der Waals surface area contributed by atoms with Crippen LogP contribution in [0.25, 0.3) is 6.08 Å². The summed E-state index contributed by atoms with van der Waals surface area (Å²) in [5, 5.41) is 13.5. The maximum absolute atomic E-state index is 12.1. The zero-order valence-electron chi connectivity index (χ0n) is 13.9. The molecule has 0 aliphatic heterocycles. The standard InChI is InChI=1S/C18H18N2O5/c1-3-25-17-9-8-15(24-2)12-16(17)19-18(21)10-7-13-5-4-6-14(11-13)20(22)23/h4-12H,3H2,1-2H3,(H,19,21)/b10-7+. The van der Waals surface area contributed by atoms with Crippen LogP contribution in [0.2, 0.25) is 0 Å². The molecule has 0 fully saturated rings. The molecule has 130 valence electrons. The quantitative estimate of drug-likeness (QED) is 0.471. The number of nitrogens with zero attached hydrogens (tertiary/aromatic N) is 1. The molecule has 0 saturated carbocycles. The molecule has 2 rings (SSSR count). The molecule has 0 unspecified atom stereocenters. The van der Waals surface area contributed by atoms with Gasteiger partial charge in [-0.25, -0.2) is 0 Å². The Morgan fingerprint density at radius 2 is 2.08 bits per heavy atom. The van der Waals surface area contributed by atoms with Gasteiger partial charge in [0.25, 0.3) is 5.69 Å². The van der Waals surface area contributed by atoms with Crippen molar-refractivity contribution in [3.8, 4) is 11.5 Å². The van der Waals surface area contributed by atoms with Crippen LogP contribution in [0.3, 0.4) is 0 Å². The largest absolute Gasteiger partial charge is 0.497 e. The molecule has 25 heavy (non-hydrogen) atoms. The smallest absolute Gasteiger partial charge is 0.270 e. The van der Waals surface area contributed by atoms with Gasteiger partial charge in [0, 0.05) is 24.3 Å². The van der Waals surface area contributed by atoms with Gasteiger partial charge >= 0.3 is 0 Å². The van der Waals surface area contributed by atoms with E-state index in [0.29, 0.717) is 29.4 Å². The van der Waals surface area contributed by atoms with Crippen LogP contribution in [0.4, 0.5) is 11.4 Å². The molecule has 7 nitrogen and oxygen atoms in total. The highest BCUT2D eigenvalue weighted by Crippen LogP contribution is 2.29. The van der Waals surface area contributed by atoms with Crippen LogP contribution < -0.4 is 14.8 Å². The third kappa shape index (κ3) is 5.07. The third-order valence-corrected chi connectivity index (χ3v) is 3.25. The normalized spacial score (nSPS) is 10.5. The molecular formula is C18H18N2O5. The van der Waals surface area contributed by atoms with Crippen molar-refractivity contribution in [2.24, 2.45) is 0 Å². The van der Waals surface area contributed by atoms with Gasteiger partial charge in [-0.2, -0.15) is 0 Å². The molecule has 0 aromatic heterocycles. The molecule has 0 radical (unpaired) electrons. The number of nitro groups is 1. The number of ether oxygens (including phenoxy) is 2. The zero-order valence-corrected chi connectivity index (χ0v) is 13.9. The van der Waals surface area contributed by atoms with Gasteiger partial charge in [0.05, 0.1) is 24.3 Å². The number of methoxy groups -OCH3 is 1. The second kappa shape index (κ2) is 8.49. The molecule has 0 aliphatic rings. The van der Waals surface area contributed by atoms with Crippen LogP contribution >= 0.6 is 0 Å². The van der Waals surface area contributed by atoms with Crippen LogP contribution in [0.1, 0.15) is 12.5 Å². The lowest BCUT2D eigenvalue weighted by molar-refractivity contribution is -0.384. The van der Waals surface area contributed by atoms with Gasteiger partial charge in [0.1, 0.15) is 11.5 Å². The number of hydrogen-bond acceptors (Lipinski definition) is 5. The second-order valence-corrected chi connectivity index (χ2v) is 4.97. The first-order valence-electron chi connectivity index (χ1n) is 7.58. The summed E-state index contributed by atoms with van der Waals surface area (Å²) >= 11 is 0. The Morgan fingerprint density at radius 1 is 1.28 bits per heavy atom. The fourth-order valence-electron chi connectivity index (χ4n) is 2.10. The van der Waals surface area contributed by atoms with Gasteiger partial charge in [0.2, 0.25) is 5.91 Å². The van der Waals surface area contributed by atoms with Crippen molar-refractivity contribution < 1.29 is 19.2 Å². The zero-order chi connectivity index (χ0) is 18.2. The molecule has 2 aromatic carbocycles. The Labute approximate surface area is 145 Å². The predicted molar refractivity (Wildman–Crippen MR) is 94.9 cm³/mol. The lowest BCUT2D eigenvalue weighted by Gasteiger charge is -2.12. The van der Waals surface area contributed by atoms with Crippen molar-refractivity contribution >= 4 is 23.4 Å². The Morgan fingerprint density at radius 3 is 2.76 bits per heavy atom. The molecule has 0 saturated heterocycles. The average molecular weight is 342 g/mol. The Balaban J connectivity index is 2.14. The van der Waals surface area contributed by atoms with E-state index in [4.69, 9.17) is 9.47 Å². The van der Waals surface area contributed by atoms with E-state index in [1.165, 1.54) is 31.4 Å². The Kier molecular flexibility index (Phi) is 6.11. The van der Waals surface area contributed by atoms with Crippen LogP contribution in [0.5, 0.6) is 11.5 Å². The first-order valence-corrected chi connectivity index (χ1v) is 7.58. The number of non-ortho nitro benzene ring substituents is 1. The van der Waals surface area contributed by atoms with E-state index in [2.05, 4.69) is 5.32 Å². The predicted octanol–water partition coefficient (Wildman–Crippen LogP) is 3.65. The van der Waals surface area contributed by atoms with E-state index in [9.17, 15) is 14.9 Å². The number of amides is 1. The molecule has 1 N–H and O–H groups in total. The third-order valence-electron chi connectivity index (χ3n) is 3.25. The molecule has 7 heteroatoms. The van der Waals surface area contributed by atoms with Gasteiger partial charge in [-0.15, -0.1) is 0 Å². The van der Waals surface area contributed by atoms with Crippen molar-refractivity contribution in [3.63, 3.8) is 0 Å². The maximum Gasteiger partial charge on any atom is 0.270 e. The molecular weight excluding hydrogens is 324 g/mol. The van der Waals surface area contributed by atoms with Crippen molar-refractivity contribution in [1.82, 2.24) is 0 Å². The highest BCUT2D eigenvalue weighted by molar-refractivity contribution is 6.02. The van der Waals surface area contributed by atoms with E-state index in [1.54, 1.807) is 30.3 Å². The van der Waals surface area contributed by atoms with Crippen LogP contribution in [0.15, 0.2) is 48.5 Å². The number of nitrogens with one attached hydrogen (secondary N) is 1. The molecule has 0 atom stereocenters. The van der Waals surface area contributed by atoms with Gasteiger partial charge in [-0.05, 0) is 30.7 Å². The Hall–Kier alpha value is -3.35. The fraction of sp³-hybridized carbons (Fsp3) is 0.167. The SMILES string of the molecule is CCOc1ccc(OC)cc1NC(=O)/C=C/c1cccc([N+](=O)[O-])c1. The van der Waals surface area contributed by atoms with Crippen molar-refractivity contribution in [2.75, 3.05) is 19.0 Å².